The van der Waals surface area contributed by atoms with E-state index in [-0.39, 0.29) is 11.0 Å². The van der Waals surface area contributed by atoms with E-state index in [4.69, 9.17) is 40.4 Å². The molecule has 0 spiro atoms. The Hall–Kier alpha value is -3.24. The quantitative estimate of drug-likeness (QED) is 0.261. The molecule has 4 aromatic rings. The fourth-order valence-electron chi connectivity index (χ4n) is 4.20. The highest BCUT2D eigenvalue weighted by atomic mass is 79.9. The molecule has 5 rings (SSSR count). The van der Waals surface area contributed by atoms with Gasteiger partial charge < -0.3 is 15.5 Å². The summed E-state index contributed by atoms with van der Waals surface area (Å²) in [4.78, 5) is 19.9. The molecule has 0 radical (unpaired) electrons. The lowest BCUT2D eigenvalue weighted by Gasteiger charge is -2.22. The first-order valence-electron chi connectivity index (χ1n) is 11.5. The molecule has 1 aliphatic rings. The predicted octanol–water partition coefficient (Wildman–Crippen LogP) is 6.28. The molecule has 38 heavy (non-hydrogen) atoms. The molecule has 1 amide bonds. The molecular formula is C27H21BrCl2N6OS. The number of anilines is 2. The average Bonchev–Trinajstić information content (AvgIpc) is 3.19. The molecule has 1 unspecified atom stereocenters. The number of nitrogens with zero attached hydrogens (tertiary/aromatic N) is 4. The molecule has 192 valence electrons. The number of hydrogen-bond donors (Lipinski definition) is 2. The molecule has 0 fully saturated rings. The van der Waals surface area contributed by atoms with Crippen molar-refractivity contribution >= 4 is 79.5 Å². The highest BCUT2D eigenvalue weighted by Gasteiger charge is 2.31. The second kappa shape index (κ2) is 10.9. The van der Waals surface area contributed by atoms with Crippen molar-refractivity contribution in [2.24, 2.45) is 12.0 Å². The van der Waals surface area contributed by atoms with E-state index in [1.807, 2.05) is 55.7 Å². The van der Waals surface area contributed by atoms with Gasteiger partial charge in [0.2, 0.25) is 6.17 Å². The van der Waals surface area contributed by atoms with Crippen molar-refractivity contribution in [3.8, 4) is 11.3 Å². The van der Waals surface area contributed by atoms with Gasteiger partial charge in [-0.05, 0) is 64.5 Å². The van der Waals surface area contributed by atoms with Gasteiger partial charge >= 0.3 is 0 Å². The zero-order chi connectivity index (χ0) is 27.0. The number of benzene rings is 3. The van der Waals surface area contributed by atoms with Gasteiger partial charge in [-0.2, -0.15) is 5.10 Å². The molecule has 0 bridgehead atoms. The van der Waals surface area contributed by atoms with Crippen LogP contribution in [0, 0.1) is 0 Å². The first-order chi connectivity index (χ1) is 18.2. The molecular weight excluding hydrogens is 607 g/mol. The van der Waals surface area contributed by atoms with Crippen LogP contribution in [-0.2, 0) is 11.8 Å². The normalized spacial score (nSPS) is 15.0. The van der Waals surface area contributed by atoms with E-state index in [9.17, 15) is 4.79 Å². The standard InChI is InChI=1S/C27H21BrCl2N6OS/c1-35-14-20(28)23(34-35)15-6-5-7-17(12-15)31-27(38)33-25-26(37)36(2)22-11-10-16(29)13-19(22)24(32-25)18-8-3-4-9-21(18)30/h3-14,25H,1-2H3,(H2,31,33,38). The second-order valence-corrected chi connectivity index (χ2v) is 10.7. The van der Waals surface area contributed by atoms with Gasteiger partial charge in [-0.1, -0.05) is 53.5 Å². The molecule has 7 nitrogen and oxygen atoms in total. The summed E-state index contributed by atoms with van der Waals surface area (Å²) in [6.45, 7) is 0. The summed E-state index contributed by atoms with van der Waals surface area (Å²) in [5, 5.41) is 12.0. The Balaban J connectivity index is 1.47. The monoisotopic (exact) mass is 626 g/mol. The average molecular weight is 628 g/mol. The number of amides is 1. The van der Waals surface area contributed by atoms with Gasteiger partial charge in [-0.3, -0.25) is 9.48 Å². The van der Waals surface area contributed by atoms with Gasteiger partial charge in [0.15, 0.2) is 5.11 Å². The van der Waals surface area contributed by atoms with Crippen LogP contribution in [0.15, 0.2) is 82.4 Å². The van der Waals surface area contributed by atoms with E-state index in [2.05, 4.69) is 31.7 Å². The third-order valence-electron chi connectivity index (χ3n) is 5.97. The van der Waals surface area contributed by atoms with Crippen molar-refractivity contribution in [2.75, 3.05) is 17.3 Å². The van der Waals surface area contributed by atoms with Crippen LogP contribution in [0.2, 0.25) is 10.0 Å². The number of aryl methyl sites for hydroxylation is 1. The summed E-state index contributed by atoms with van der Waals surface area (Å²) in [5.74, 6) is -0.286. The van der Waals surface area contributed by atoms with Gasteiger partial charge in [-0.15, -0.1) is 0 Å². The van der Waals surface area contributed by atoms with E-state index in [1.165, 1.54) is 0 Å². The smallest absolute Gasteiger partial charge is 0.272 e. The number of halogens is 3. The van der Waals surface area contributed by atoms with E-state index < -0.39 is 6.17 Å². The van der Waals surface area contributed by atoms with E-state index in [0.717, 1.165) is 21.4 Å². The third-order valence-corrected chi connectivity index (χ3v) is 7.34. The zero-order valence-corrected chi connectivity index (χ0v) is 24.2. The van der Waals surface area contributed by atoms with Crippen molar-refractivity contribution in [2.45, 2.75) is 6.17 Å². The lowest BCUT2D eigenvalue weighted by molar-refractivity contribution is -0.119. The van der Waals surface area contributed by atoms with Gasteiger partial charge in [-0.25, -0.2) is 4.99 Å². The number of benzodiazepines with no additional fused rings is 1. The Morgan fingerprint density at radius 3 is 2.55 bits per heavy atom. The first-order valence-corrected chi connectivity index (χ1v) is 13.4. The Bertz CT molecular complexity index is 1600. The minimum atomic E-state index is -1.01. The van der Waals surface area contributed by atoms with Gasteiger partial charge in [0.25, 0.3) is 5.91 Å². The fourth-order valence-corrected chi connectivity index (χ4v) is 5.43. The highest BCUT2D eigenvalue weighted by Crippen LogP contribution is 2.32. The van der Waals surface area contributed by atoms with Crippen LogP contribution in [0.25, 0.3) is 11.3 Å². The molecule has 2 heterocycles. The number of nitrogens with one attached hydrogen (secondary N) is 2. The summed E-state index contributed by atoms with van der Waals surface area (Å²) in [7, 11) is 3.55. The summed E-state index contributed by atoms with van der Waals surface area (Å²) in [6, 6.07) is 20.3. The van der Waals surface area contributed by atoms with Crippen LogP contribution in [0.3, 0.4) is 0 Å². The summed E-state index contributed by atoms with van der Waals surface area (Å²) in [6.07, 6.45) is 0.876. The highest BCUT2D eigenvalue weighted by molar-refractivity contribution is 9.10. The van der Waals surface area contributed by atoms with Crippen LogP contribution < -0.4 is 15.5 Å². The molecule has 1 aliphatic heterocycles. The van der Waals surface area contributed by atoms with Crippen LogP contribution in [0.4, 0.5) is 11.4 Å². The lowest BCUT2D eigenvalue weighted by Crippen LogP contribution is -2.47. The Labute approximate surface area is 243 Å². The number of carbonyl (C=O) groups excluding carboxylic acids is 1. The largest absolute Gasteiger partial charge is 0.333 e. The van der Waals surface area contributed by atoms with E-state index in [1.54, 1.807) is 40.9 Å². The van der Waals surface area contributed by atoms with Crippen molar-refractivity contribution in [3.63, 3.8) is 0 Å². The van der Waals surface area contributed by atoms with Crippen LogP contribution in [0.5, 0.6) is 0 Å². The van der Waals surface area contributed by atoms with Crippen molar-refractivity contribution in [3.05, 3.63) is 98.6 Å². The van der Waals surface area contributed by atoms with Gasteiger partial charge in [0.05, 0.1) is 15.9 Å². The first kappa shape index (κ1) is 26.4. The number of carbonyl (C=O) groups is 1. The Morgan fingerprint density at radius 1 is 1.03 bits per heavy atom. The number of likely N-dealkylation sites (N-methyl/N-ethyl adjacent to an activating group) is 1. The number of aliphatic imine (C=N–C) groups is 1. The molecule has 0 saturated heterocycles. The Kier molecular flexibility index (Phi) is 7.54. The molecule has 3 aromatic carbocycles. The zero-order valence-electron chi connectivity index (χ0n) is 20.2. The maximum absolute atomic E-state index is 13.5. The van der Waals surface area contributed by atoms with Gasteiger partial charge in [0.1, 0.15) is 5.69 Å². The third kappa shape index (κ3) is 5.33. The van der Waals surface area contributed by atoms with Gasteiger partial charge in [0, 0.05) is 52.7 Å². The van der Waals surface area contributed by atoms with Crippen molar-refractivity contribution in [1.29, 1.82) is 0 Å². The summed E-state index contributed by atoms with van der Waals surface area (Å²) < 4.78 is 2.62. The molecule has 0 aliphatic carbocycles. The number of rotatable bonds is 4. The summed E-state index contributed by atoms with van der Waals surface area (Å²) in [5.41, 5.74) is 5.02. The fraction of sp³-hybridized carbons (Fsp3) is 0.111. The Morgan fingerprint density at radius 2 is 1.82 bits per heavy atom. The van der Waals surface area contributed by atoms with Crippen molar-refractivity contribution in [1.82, 2.24) is 15.1 Å². The van der Waals surface area contributed by atoms with E-state index in [0.29, 0.717) is 32.6 Å². The lowest BCUT2D eigenvalue weighted by atomic mass is 10.00. The number of thiocarbonyl (C=S) groups is 1. The minimum absolute atomic E-state index is 0.236. The topological polar surface area (TPSA) is 74.6 Å². The molecule has 1 atom stereocenters. The number of hydrogen-bond acceptors (Lipinski definition) is 4. The van der Waals surface area contributed by atoms with E-state index >= 15 is 0 Å². The SMILES string of the molecule is CN1C(=O)C(NC(=S)Nc2cccc(-c3nn(C)cc3Br)c2)N=C(c2ccccc2Cl)c2cc(Cl)ccc21. The maximum Gasteiger partial charge on any atom is 0.272 e. The molecule has 11 heteroatoms. The van der Waals surface area contributed by atoms with Crippen LogP contribution in [0.1, 0.15) is 11.1 Å². The van der Waals surface area contributed by atoms with Crippen molar-refractivity contribution < 1.29 is 4.79 Å². The second-order valence-electron chi connectivity index (χ2n) is 8.60. The molecule has 0 saturated carbocycles. The minimum Gasteiger partial charge on any atom is -0.333 e. The number of fused-ring (bicyclic) bond motifs is 1. The number of aromatic nitrogens is 2. The summed E-state index contributed by atoms with van der Waals surface area (Å²) >= 11 is 22.0. The maximum atomic E-state index is 13.5. The molecule has 1 aromatic heterocycles. The molecule has 2 N–H and O–H groups in total. The predicted molar refractivity (Wildman–Crippen MR) is 161 cm³/mol. The van der Waals surface area contributed by atoms with Crippen LogP contribution in [-0.4, -0.2) is 39.7 Å². The van der Waals surface area contributed by atoms with Crippen LogP contribution >= 0.6 is 51.3 Å².